The maximum Gasteiger partial charge on any atom is 0.416 e. The van der Waals surface area contributed by atoms with E-state index in [-0.39, 0.29) is 5.69 Å². The Morgan fingerprint density at radius 2 is 1.74 bits per heavy atom. The van der Waals surface area contributed by atoms with Crippen molar-refractivity contribution in [3.05, 3.63) is 71.2 Å². The number of aromatic nitrogens is 1. The Morgan fingerprint density at radius 3 is 2.39 bits per heavy atom. The standard InChI is InChI=1S/C28H26F3N5OS/c1-3-27(33,4-2)13-12-18-15-34-25(32)23-22(16-38-24(18)23)17-8-10-20(11-9-17)35-26(37)36-21-7-5-6-19(14-21)28(29,30)31/h5-11,14-16H,3-4,33H2,1-2H3,(H2,32,34)(H2,35,36,37). The van der Waals surface area contributed by atoms with Crippen LogP contribution in [-0.4, -0.2) is 16.6 Å². The summed E-state index contributed by atoms with van der Waals surface area (Å²) in [4.78, 5) is 16.7. The third-order valence-electron chi connectivity index (χ3n) is 6.23. The molecule has 0 saturated carbocycles. The minimum Gasteiger partial charge on any atom is -0.383 e. The van der Waals surface area contributed by atoms with Crippen LogP contribution in [0.25, 0.3) is 21.2 Å². The van der Waals surface area contributed by atoms with Gasteiger partial charge in [0.25, 0.3) is 0 Å². The van der Waals surface area contributed by atoms with Gasteiger partial charge in [0.05, 0.1) is 21.4 Å². The molecule has 0 radical (unpaired) electrons. The molecule has 6 N–H and O–H groups in total. The number of thiophene rings is 1. The number of hydrogen-bond donors (Lipinski definition) is 4. The predicted octanol–water partition coefficient (Wildman–Crippen LogP) is 7.08. The van der Waals surface area contributed by atoms with Crippen LogP contribution in [0.5, 0.6) is 0 Å². The van der Waals surface area contributed by atoms with Gasteiger partial charge >= 0.3 is 12.2 Å². The highest BCUT2D eigenvalue weighted by Gasteiger charge is 2.30. The highest BCUT2D eigenvalue weighted by molar-refractivity contribution is 7.18. The number of rotatable bonds is 5. The van der Waals surface area contributed by atoms with Gasteiger partial charge in [0.15, 0.2) is 0 Å². The summed E-state index contributed by atoms with van der Waals surface area (Å²) in [5.74, 6) is 6.75. The Kier molecular flexibility index (Phi) is 7.62. The summed E-state index contributed by atoms with van der Waals surface area (Å²) < 4.78 is 39.7. The fraction of sp³-hybridized carbons (Fsp3) is 0.214. The van der Waals surface area contributed by atoms with E-state index < -0.39 is 23.3 Å². The minimum absolute atomic E-state index is 0.0327. The fourth-order valence-corrected chi connectivity index (χ4v) is 4.84. The number of anilines is 3. The second-order valence-electron chi connectivity index (χ2n) is 8.76. The maximum atomic E-state index is 12.9. The summed E-state index contributed by atoms with van der Waals surface area (Å²) in [6.07, 6.45) is -1.37. The molecule has 4 aromatic rings. The van der Waals surface area contributed by atoms with E-state index in [1.807, 2.05) is 31.4 Å². The molecule has 0 fully saturated rings. The molecule has 0 spiro atoms. The highest BCUT2D eigenvalue weighted by Crippen LogP contribution is 2.38. The zero-order valence-electron chi connectivity index (χ0n) is 20.7. The van der Waals surface area contributed by atoms with Crippen LogP contribution in [0.4, 0.5) is 35.2 Å². The fourth-order valence-electron chi connectivity index (χ4n) is 3.79. The molecular weight excluding hydrogens is 511 g/mol. The van der Waals surface area contributed by atoms with E-state index >= 15 is 0 Å². The van der Waals surface area contributed by atoms with Crippen LogP contribution in [0.1, 0.15) is 37.8 Å². The Balaban J connectivity index is 1.54. The van der Waals surface area contributed by atoms with Crippen LogP contribution in [-0.2, 0) is 6.18 Å². The van der Waals surface area contributed by atoms with Gasteiger partial charge in [-0.3, -0.25) is 0 Å². The monoisotopic (exact) mass is 537 g/mol. The van der Waals surface area contributed by atoms with Gasteiger partial charge in [-0.2, -0.15) is 13.2 Å². The number of alkyl halides is 3. The average molecular weight is 538 g/mol. The number of halogens is 3. The van der Waals surface area contributed by atoms with E-state index in [1.54, 1.807) is 18.3 Å². The molecule has 2 heterocycles. The Labute approximate surface area is 222 Å². The number of nitrogens with two attached hydrogens (primary N) is 2. The molecular formula is C28H26F3N5OS. The maximum absolute atomic E-state index is 12.9. The third-order valence-corrected chi connectivity index (χ3v) is 7.25. The van der Waals surface area contributed by atoms with Gasteiger partial charge in [-0.05, 0) is 54.1 Å². The Morgan fingerprint density at radius 1 is 1.05 bits per heavy atom. The van der Waals surface area contributed by atoms with Crippen LogP contribution in [0.3, 0.4) is 0 Å². The number of pyridine rings is 1. The quantitative estimate of drug-likeness (QED) is 0.204. The van der Waals surface area contributed by atoms with Crippen molar-refractivity contribution in [3.63, 3.8) is 0 Å². The topological polar surface area (TPSA) is 106 Å². The van der Waals surface area contributed by atoms with Gasteiger partial charge in [-0.1, -0.05) is 43.9 Å². The van der Waals surface area contributed by atoms with Crippen molar-refractivity contribution in [1.29, 1.82) is 0 Å². The first-order chi connectivity index (χ1) is 18.0. The van der Waals surface area contributed by atoms with Crippen molar-refractivity contribution in [2.24, 2.45) is 5.73 Å². The number of nitrogens with zero attached hydrogens (tertiary/aromatic N) is 1. The zero-order chi connectivity index (χ0) is 27.5. The molecule has 0 aliphatic rings. The number of fused-ring (bicyclic) bond motifs is 1. The molecule has 2 aromatic carbocycles. The van der Waals surface area contributed by atoms with E-state index in [0.717, 1.165) is 51.8 Å². The van der Waals surface area contributed by atoms with Crippen molar-refractivity contribution in [1.82, 2.24) is 4.98 Å². The molecule has 38 heavy (non-hydrogen) atoms. The molecule has 0 saturated heterocycles. The van der Waals surface area contributed by atoms with E-state index in [0.29, 0.717) is 11.5 Å². The molecule has 0 aliphatic carbocycles. The first kappa shape index (κ1) is 27.0. The summed E-state index contributed by atoms with van der Waals surface area (Å²) in [6, 6.07) is 10.8. The molecule has 6 nitrogen and oxygen atoms in total. The molecule has 10 heteroatoms. The lowest BCUT2D eigenvalue weighted by Crippen LogP contribution is -2.36. The van der Waals surface area contributed by atoms with Crippen molar-refractivity contribution in [2.75, 3.05) is 16.4 Å². The number of benzene rings is 2. The molecule has 2 amide bonds. The predicted molar refractivity (Wildman–Crippen MR) is 148 cm³/mol. The van der Waals surface area contributed by atoms with Gasteiger partial charge in [-0.15, -0.1) is 11.3 Å². The van der Waals surface area contributed by atoms with Gasteiger partial charge < -0.3 is 22.1 Å². The molecule has 196 valence electrons. The minimum atomic E-state index is -4.50. The van der Waals surface area contributed by atoms with E-state index in [9.17, 15) is 18.0 Å². The van der Waals surface area contributed by atoms with Gasteiger partial charge in [0.2, 0.25) is 0 Å². The average Bonchev–Trinajstić information content (AvgIpc) is 3.34. The molecule has 0 atom stereocenters. The molecule has 0 bridgehead atoms. The molecule has 2 aromatic heterocycles. The largest absolute Gasteiger partial charge is 0.416 e. The van der Waals surface area contributed by atoms with E-state index in [2.05, 4.69) is 27.5 Å². The summed E-state index contributed by atoms with van der Waals surface area (Å²) in [5, 5.41) is 7.81. The SMILES string of the molecule is CCC(N)(C#Cc1cnc(N)c2c(-c3ccc(NC(=O)Nc4cccc(C(F)(F)F)c4)cc3)csc12)CC. The summed E-state index contributed by atoms with van der Waals surface area (Å²) >= 11 is 1.51. The molecule has 0 unspecified atom stereocenters. The summed E-state index contributed by atoms with van der Waals surface area (Å²) in [7, 11) is 0. The normalized spacial score (nSPS) is 11.6. The number of nitrogen functional groups attached to an aromatic ring is 1. The number of carbonyl (C=O) groups excluding carboxylic acids is 1. The van der Waals surface area contributed by atoms with E-state index in [1.165, 1.54) is 23.5 Å². The summed E-state index contributed by atoms with van der Waals surface area (Å²) in [6.45, 7) is 4.01. The van der Waals surface area contributed by atoms with Crippen molar-refractivity contribution < 1.29 is 18.0 Å². The van der Waals surface area contributed by atoms with Crippen LogP contribution < -0.4 is 22.1 Å². The Hall–Kier alpha value is -4.07. The summed E-state index contributed by atoms with van der Waals surface area (Å²) in [5.41, 5.74) is 14.2. The molecule has 0 aliphatic heterocycles. The Bertz CT molecular complexity index is 1530. The van der Waals surface area contributed by atoms with Crippen molar-refractivity contribution in [2.45, 2.75) is 38.4 Å². The van der Waals surface area contributed by atoms with Gasteiger partial charge in [0, 0.05) is 28.5 Å². The second-order valence-corrected chi connectivity index (χ2v) is 9.64. The van der Waals surface area contributed by atoms with Gasteiger partial charge in [0.1, 0.15) is 5.82 Å². The lowest BCUT2D eigenvalue weighted by Gasteiger charge is -2.18. The highest BCUT2D eigenvalue weighted by atomic mass is 32.1. The lowest BCUT2D eigenvalue weighted by molar-refractivity contribution is -0.137. The van der Waals surface area contributed by atoms with Crippen LogP contribution in [0, 0.1) is 11.8 Å². The smallest absolute Gasteiger partial charge is 0.383 e. The van der Waals surface area contributed by atoms with E-state index in [4.69, 9.17) is 11.5 Å². The lowest BCUT2D eigenvalue weighted by atomic mass is 9.95. The van der Waals surface area contributed by atoms with Crippen molar-refractivity contribution >= 4 is 44.6 Å². The number of hydrogen-bond acceptors (Lipinski definition) is 5. The number of nitrogens with one attached hydrogen (secondary N) is 2. The number of amides is 2. The van der Waals surface area contributed by atoms with Crippen LogP contribution >= 0.6 is 11.3 Å². The second kappa shape index (κ2) is 10.7. The number of urea groups is 1. The van der Waals surface area contributed by atoms with Gasteiger partial charge in [-0.25, -0.2) is 9.78 Å². The molecule has 4 rings (SSSR count). The number of carbonyl (C=O) groups is 1. The van der Waals surface area contributed by atoms with Crippen LogP contribution in [0.2, 0.25) is 0 Å². The first-order valence-electron chi connectivity index (χ1n) is 11.9. The van der Waals surface area contributed by atoms with Crippen LogP contribution in [0.15, 0.2) is 60.1 Å². The third kappa shape index (κ3) is 5.90. The zero-order valence-corrected chi connectivity index (χ0v) is 21.6. The first-order valence-corrected chi connectivity index (χ1v) is 12.7. The van der Waals surface area contributed by atoms with Crippen molar-refractivity contribution in [3.8, 4) is 23.0 Å².